The van der Waals surface area contributed by atoms with Gasteiger partial charge in [-0.3, -0.25) is 4.55 Å². The Bertz CT molecular complexity index is 854. The van der Waals surface area contributed by atoms with Gasteiger partial charge in [0.25, 0.3) is 10.1 Å². The minimum Gasteiger partial charge on any atom is -0.491 e. The maximum absolute atomic E-state index is 10.4. The Kier molecular flexibility index (Phi) is 7.28. The highest BCUT2D eigenvalue weighted by atomic mass is 32.2. The molecule has 8 nitrogen and oxygen atoms in total. The molecule has 0 amide bonds. The highest BCUT2D eigenvalue weighted by Crippen LogP contribution is 2.30. The molecule has 1 atom stereocenters. The average Bonchev–Trinajstić information content (AvgIpc) is 3.42. The number of anilines is 3. The number of ether oxygens (including phenoxy) is 2. The van der Waals surface area contributed by atoms with Crippen LogP contribution in [0.1, 0.15) is 24.5 Å². The molecule has 2 aromatic rings. The van der Waals surface area contributed by atoms with Crippen LogP contribution in [0.15, 0.2) is 42.5 Å². The third-order valence-electron chi connectivity index (χ3n) is 3.71. The van der Waals surface area contributed by atoms with E-state index in [1.807, 2.05) is 24.3 Å². The van der Waals surface area contributed by atoms with Gasteiger partial charge < -0.3 is 26.7 Å². The van der Waals surface area contributed by atoms with Gasteiger partial charge in [-0.1, -0.05) is 12.1 Å². The Morgan fingerprint density at radius 2 is 1.78 bits per heavy atom. The molecule has 1 heterocycles. The first-order chi connectivity index (χ1) is 12.7. The fourth-order valence-corrected chi connectivity index (χ4v) is 2.81. The first kappa shape index (κ1) is 20.8. The van der Waals surface area contributed by atoms with Crippen LogP contribution >= 0.6 is 0 Å². The summed E-state index contributed by atoms with van der Waals surface area (Å²) in [6.07, 6.45) is 1.17. The second-order valence-electron chi connectivity index (χ2n) is 6.13. The molecule has 9 heteroatoms. The number of hydrogen-bond donors (Lipinski definition) is 4. The SMILES string of the molecule is Nc1ccc(N)c(OCCCCS(=O)(=O)O)c1.Nc1cccc(C2CO2)c1. The van der Waals surface area contributed by atoms with Gasteiger partial charge in [0.05, 0.1) is 24.7 Å². The van der Waals surface area contributed by atoms with Crippen molar-refractivity contribution in [3.8, 4) is 5.75 Å². The topological polar surface area (TPSA) is 154 Å². The molecule has 148 valence electrons. The van der Waals surface area contributed by atoms with Crippen LogP contribution in [0.25, 0.3) is 0 Å². The Balaban J connectivity index is 0.000000219. The zero-order valence-electron chi connectivity index (χ0n) is 14.9. The van der Waals surface area contributed by atoms with Crippen LogP contribution in [0, 0.1) is 0 Å². The largest absolute Gasteiger partial charge is 0.491 e. The molecular weight excluding hydrogens is 370 g/mol. The molecule has 1 saturated heterocycles. The lowest BCUT2D eigenvalue weighted by Crippen LogP contribution is -2.06. The second kappa shape index (κ2) is 9.45. The average molecular weight is 395 g/mol. The summed E-state index contributed by atoms with van der Waals surface area (Å²) < 4.78 is 39.8. The zero-order chi connectivity index (χ0) is 19.9. The number of unbranched alkanes of at least 4 members (excludes halogenated alkanes) is 1. The molecule has 3 rings (SSSR count). The summed E-state index contributed by atoms with van der Waals surface area (Å²) in [4.78, 5) is 0. The Morgan fingerprint density at radius 1 is 1.07 bits per heavy atom. The Hall–Kier alpha value is -2.49. The molecule has 0 radical (unpaired) electrons. The summed E-state index contributed by atoms with van der Waals surface area (Å²) in [6.45, 7) is 1.17. The highest BCUT2D eigenvalue weighted by molar-refractivity contribution is 7.85. The summed E-state index contributed by atoms with van der Waals surface area (Å²) in [5, 5.41) is 0. The molecule has 0 bridgehead atoms. The molecule has 0 spiro atoms. The lowest BCUT2D eigenvalue weighted by atomic mass is 10.1. The van der Waals surface area contributed by atoms with Gasteiger partial charge in [0.2, 0.25) is 0 Å². The predicted octanol–water partition coefficient (Wildman–Crippen LogP) is 2.24. The minimum absolute atomic E-state index is 0.261. The van der Waals surface area contributed by atoms with E-state index in [0.29, 0.717) is 42.7 Å². The van der Waals surface area contributed by atoms with Crippen molar-refractivity contribution in [3.05, 3.63) is 48.0 Å². The minimum atomic E-state index is -3.88. The van der Waals surface area contributed by atoms with E-state index < -0.39 is 10.1 Å². The van der Waals surface area contributed by atoms with E-state index >= 15 is 0 Å². The first-order valence-corrected chi connectivity index (χ1v) is 10.1. The quantitative estimate of drug-likeness (QED) is 0.241. The van der Waals surface area contributed by atoms with E-state index in [1.165, 1.54) is 5.56 Å². The summed E-state index contributed by atoms with van der Waals surface area (Å²) in [6, 6.07) is 12.7. The van der Waals surface area contributed by atoms with Crippen molar-refractivity contribution in [2.45, 2.75) is 18.9 Å². The van der Waals surface area contributed by atoms with Crippen molar-refractivity contribution >= 4 is 27.2 Å². The highest BCUT2D eigenvalue weighted by Gasteiger charge is 2.24. The fraction of sp³-hybridized carbons (Fsp3) is 0.333. The van der Waals surface area contributed by atoms with Crippen LogP contribution in [0.4, 0.5) is 17.1 Å². The number of rotatable bonds is 7. The molecule has 7 N–H and O–H groups in total. The molecule has 1 aliphatic rings. The maximum Gasteiger partial charge on any atom is 0.264 e. The van der Waals surface area contributed by atoms with Crippen LogP contribution in [0.2, 0.25) is 0 Å². The molecule has 1 aliphatic heterocycles. The number of nitrogen functional groups attached to an aromatic ring is 3. The molecule has 27 heavy (non-hydrogen) atoms. The van der Waals surface area contributed by atoms with Crippen molar-refractivity contribution in [1.29, 1.82) is 0 Å². The van der Waals surface area contributed by atoms with Crippen LogP contribution in [-0.2, 0) is 14.9 Å². The predicted molar refractivity (Wildman–Crippen MR) is 106 cm³/mol. The second-order valence-corrected chi connectivity index (χ2v) is 7.70. The maximum atomic E-state index is 10.4. The number of epoxide rings is 1. The fourth-order valence-electron chi connectivity index (χ4n) is 2.24. The third kappa shape index (κ3) is 8.16. The van der Waals surface area contributed by atoms with Gasteiger partial charge in [-0.2, -0.15) is 8.42 Å². The van der Waals surface area contributed by atoms with Gasteiger partial charge in [0.1, 0.15) is 11.9 Å². The zero-order valence-corrected chi connectivity index (χ0v) is 15.7. The van der Waals surface area contributed by atoms with Crippen LogP contribution < -0.4 is 21.9 Å². The van der Waals surface area contributed by atoms with Crippen LogP contribution in [0.5, 0.6) is 5.75 Å². The van der Waals surface area contributed by atoms with E-state index in [-0.39, 0.29) is 5.75 Å². The van der Waals surface area contributed by atoms with Crippen molar-refractivity contribution in [3.63, 3.8) is 0 Å². The number of nitrogens with two attached hydrogens (primary N) is 3. The van der Waals surface area contributed by atoms with Gasteiger partial charge in [0, 0.05) is 17.4 Å². The van der Waals surface area contributed by atoms with E-state index in [0.717, 1.165) is 12.3 Å². The van der Waals surface area contributed by atoms with E-state index in [2.05, 4.69) is 0 Å². The summed E-state index contributed by atoms with van der Waals surface area (Å²) in [7, 11) is -3.88. The summed E-state index contributed by atoms with van der Waals surface area (Å²) in [5.41, 5.74) is 19.8. The van der Waals surface area contributed by atoms with Gasteiger partial charge in [0.15, 0.2) is 0 Å². The van der Waals surface area contributed by atoms with Crippen molar-refractivity contribution in [1.82, 2.24) is 0 Å². The normalized spacial score (nSPS) is 15.5. The Morgan fingerprint density at radius 3 is 2.41 bits per heavy atom. The molecule has 0 aromatic heterocycles. The summed E-state index contributed by atoms with van der Waals surface area (Å²) >= 11 is 0. The van der Waals surface area contributed by atoms with E-state index in [4.69, 9.17) is 31.2 Å². The van der Waals surface area contributed by atoms with Crippen molar-refractivity contribution < 1.29 is 22.4 Å². The van der Waals surface area contributed by atoms with Gasteiger partial charge in [-0.05, 0) is 42.7 Å². The lowest BCUT2D eigenvalue weighted by molar-refractivity contribution is 0.311. The molecule has 1 fully saturated rings. The van der Waals surface area contributed by atoms with Crippen LogP contribution in [-0.4, -0.2) is 31.9 Å². The van der Waals surface area contributed by atoms with E-state index in [9.17, 15) is 8.42 Å². The monoisotopic (exact) mass is 395 g/mol. The molecule has 2 aromatic carbocycles. The van der Waals surface area contributed by atoms with Gasteiger partial charge in [-0.15, -0.1) is 0 Å². The van der Waals surface area contributed by atoms with Gasteiger partial charge in [-0.25, -0.2) is 0 Å². The first-order valence-electron chi connectivity index (χ1n) is 8.44. The standard InChI is InChI=1S/C10H16N2O4S.C8H9NO/c11-8-3-4-9(12)10(7-8)16-5-1-2-6-17(13,14)15;9-7-3-1-2-6(4-7)8-5-10-8/h3-4,7H,1-2,5-6,11-12H2,(H,13,14,15);1-4,8H,5,9H2. The van der Waals surface area contributed by atoms with Crippen molar-refractivity contribution in [2.75, 3.05) is 36.2 Å². The smallest absolute Gasteiger partial charge is 0.264 e. The molecular formula is C18H25N3O5S. The Labute approximate surface area is 159 Å². The molecule has 0 aliphatic carbocycles. The van der Waals surface area contributed by atoms with E-state index in [1.54, 1.807) is 18.2 Å². The van der Waals surface area contributed by atoms with Crippen molar-refractivity contribution in [2.24, 2.45) is 0 Å². The third-order valence-corrected chi connectivity index (χ3v) is 4.51. The van der Waals surface area contributed by atoms with Gasteiger partial charge >= 0.3 is 0 Å². The number of hydrogen-bond acceptors (Lipinski definition) is 7. The summed E-state index contributed by atoms with van der Waals surface area (Å²) in [5.74, 6) is 0.222. The molecule has 0 saturated carbocycles. The van der Waals surface area contributed by atoms with Crippen LogP contribution in [0.3, 0.4) is 0 Å². The molecule has 1 unspecified atom stereocenters. The number of benzene rings is 2. The lowest BCUT2D eigenvalue weighted by Gasteiger charge is -2.09.